The molecule has 0 saturated heterocycles. The van der Waals surface area contributed by atoms with E-state index in [4.69, 9.17) is 10.5 Å². The molecule has 0 saturated carbocycles. The van der Waals surface area contributed by atoms with Gasteiger partial charge in [0.15, 0.2) is 0 Å². The average Bonchev–Trinajstić information content (AvgIpc) is 2.81. The van der Waals surface area contributed by atoms with Crippen LogP contribution in [0.3, 0.4) is 0 Å². The average molecular weight is 219 g/mol. The number of nitrogens with two attached hydrogens (primary N) is 1. The fourth-order valence-corrected chi connectivity index (χ4v) is 1.37. The van der Waals surface area contributed by atoms with Gasteiger partial charge in [0.05, 0.1) is 25.0 Å². The van der Waals surface area contributed by atoms with Crippen molar-refractivity contribution in [1.29, 1.82) is 0 Å². The molecule has 0 spiro atoms. The maximum atomic E-state index is 5.90. The van der Waals surface area contributed by atoms with Crippen LogP contribution in [-0.4, -0.2) is 22.3 Å². The molecule has 0 bridgehead atoms. The SMILES string of the molecule is COc1cccc(NCc2ncn[nH]2)c1N. The van der Waals surface area contributed by atoms with E-state index in [1.807, 2.05) is 18.2 Å². The highest BCUT2D eigenvalue weighted by atomic mass is 16.5. The van der Waals surface area contributed by atoms with Crippen molar-refractivity contribution >= 4 is 11.4 Å². The first-order chi connectivity index (χ1) is 7.81. The Labute approximate surface area is 92.8 Å². The highest BCUT2D eigenvalue weighted by molar-refractivity contribution is 5.72. The molecule has 2 rings (SSSR count). The van der Waals surface area contributed by atoms with Crippen LogP contribution in [0.4, 0.5) is 11.4 Å². The maximum absolute atomic E-state index is 5.90. The minimum atomic E-state index is 0.539. The lowest BCUT2D eigenvalue weighted by molar-refractivity contribution is 0.417. The van der Waals surface area contributed by atoms with E-state index >= 15 is 0 Å². The summed E-state index contributed by atoms with van der Waals surface area (Å²) in [5.74, 6) is 1.41. The summed E-state index contributed by atoms with van der Waals surface area (Å²) in [5.41, 5.74) is 7.30. The van der Waals surface area contributed by atoms with Gasteiger partial charge in [-0.3, -0.25) is 5.10 Å². The van der Waals surface area contributed by atoms with Gasteiger partial charge in [-0.15, -0.1) is 0 Å². The zero-order valence-corrected chi connectivity index (χ0v) is 8.90. The Kier molecular flexibility index (Phi) is 2.90. The van der Waals surface area contributed by atoms with Crippen molar-refractivity contribution in [1.82, 2.24) is 15.2 Å². The van der Waals surface area contributed by atoms with Gasteiger partial charge in [-0.05, 0) is 12.1 Å². The lowest BCUT2D eigenvalue weighted by Crippen LogP contribution is -2.04. The van der Waals surface area contributed by atoms with Crippen LogP contribution in [0.15, 0.2) is 24.5 Å². The normalized spacial score (nSPS) is 10.1. The summed E-state index contributed by atoms with van der Waals surface area (Å²) in [4.78, 5) is 4.00. The molecule has 1 aromatic heterocycles. The van der Waals surface area contributed by atoms with Crippen molar-refractivity contribution in [2.75, 3.05) is 18.2 Å². The van der Waals surface area contributed by atoms with Gasteiger partial charge in [0.25, 0.3) is 0 Å². The molecule has 1 heterocycles. The molecule has 0 atom stereocenters. The number of para-hydroxylation sites is 1. The van der Waals surface area contributed by atoms with Crippen LogP contribution in [0, 0.1) is 0 Å². The molecule has 0 amide bonds. The molecule has 4 N–H and O–H groups in total. The quantitative estimate of drug-likeness (QED) is 0.668. The van der Waals surface area contributed by atoms with E-state index in [0.29, 0.717) is 18.0 Å². The molecule has 0 radical (unpaired) electrons. The lowest BCUT2D eigenvalue weighted by atomic mass is 10.2. The molecule has 0 aliphatic heterocycles. The molecule has 16 heavy (non-hydrogen) atoms. The van der Waals surface area contributed by atoms with Crippen LogP contribution in [0.5, 0.6) is 5.75 Å². The van der Waals surface area contributed by atoms with Crippen molar-refractivity contribution in [3.8, 4) is 5.75 Å². The van der Waals surface area contributed by atoms with E-state index in [1.54, 1.807) is 7.11 Å². The minimum absolute atomic E-state index is 0.539. The zero-order chi connectivity index (χ0) is 11.4. The van der Waals surface area contributed by atoms with E-state index < -0.39 is 0 Å². The van der Waals surface area contributed by atoms with Gasteiger partial charge >= 0.3 is 0 Å². The second-order valence-corrected chi connectivity index (χ2v) is 3.21. The number of nitrogens with one attached hydrogen (secondary N) is 2. The molecule has 0 aliphatic rings. The maximum Gasteiger partial charge on any atom is 0.143 e. The van der Waals surface area contributed by atoms with E-state index in [9.17, 15) is 0 Å². The van der Waals surface area contributed by atoms with E-state index in [2.05, 4.69) is 20.5 Å². The van der Waals surface area contributed by atoms with Gasteiger partial charge < -0.3 is 15.8 Å². The van der Waals surface area contributed by atoms with Crippen molar-refractivity contribution in [2.24, 2.45) is 0 Å². The van der Waals surface area contributed by atoms with Gasteiger partial charge in [-0.1, -0.05) is 6.07 Å². The number of nitrogens with zero attached hydrogens (tertiary/aromatic N) is 2. The molecule has 0 fully saturated rings. The molecule has 0 aliphatic carbocycles. The first kappa shape index (κ1) is 10.3. The topological polar surface area (TPSA) is 88.8 Å². The van der Waals surface area contributed by atoms with Crippen molar-refractivity contribution < 1.29 is 4.74 Å². The fourth-order valence-electron chi connectivity index (χ4n) is 1.37. The Balaban J connectivity index is 2.09. The number of H-pyrrole nitrogens is 1. The van der Waals surface area contributed by atoms with E-state index in [1.165, 1.54) is 6.33 Å². The summed E-state index contributed by atoms with van der Waals surface area (Å²) in [6, 6.07) is 5.57. The Morgan fingerprint density at radius 1 is 1.50 bits per heavy atom. The van der Waals surface area contributed by atoms with Gasteiger partial charge in [-0.2, -0.15) is 5.10 Å². The van der Waals surface area contributed by atoms with Crippen LogP contribution in [0.1, 0.15) is 5.82 Å². The monoisotopic (exact) mass is 219 g/mol. The van der Waals surface area contributed by atoms with Crippen molar-refractivity contribution in [3.05, 3.63) is 30.4 Å². The third-order valence-corrected chi connectivity index (χ3v) is 2.20. The number of nitrogen functional groups attached to an aromatic ring is 1. The Hall–Kier alpha value is -2.24. The first-order valence-electron chi connectivity index (χ1n) is 4.82. The number of aromatic amines is 1. The smallest absolute Gasteiger partial charge is 0.143 e. The molecule has 2 aromatic rings. The Bertz CT molecular complexity index is 454. The fraction of sp³-hybridized carbons (Fsp3) is 0.200. The number of methoxy groups -OCH3 is 1. The highest BCUT2D eigenvalue weighted by Gasteiger charge is 2.04. The zero-order valence-electron chi connectivity index (χ0n) is 8.90. The first-order valence-corrected chi connectivity index (χ1v) is 4.82. The lowest BCUT2D eigenvalue weighted by Gasteiger charge is -2.10. The number of hydrogen-bond donors (Lipinski definition) is 3. The number of aromatic nitrogens is 3. The van der Waals surface area contributed by atoms with E-state index in [0.717, 1.165) is 11.5 Å². The number of hydrogen-bond acceptors (Lipinski definition) is 5. The van der Waals surface area contributed by atoms with Crippen LogP contribution >= 0.6 is 0 Å². The Morgan fingerprint density at radius 2 is 2.38 bits per heavy atom. The number of rotatable bonds is 4. The minimum Gasteiger partial charge on any atom is -0.495 e. The van der Waals surface area contributed by atoms with Gasteiger partial charge in [0.1, 0.15) is 17.9 Å². The third-order valence-electron chi connectivity index (χ3n) is 2.20. The number of ether oxygens (including phenoxy) is 1. The van der Waals surface area contributed by atoms with Crippen LogP contribution in [-0.2, 0) is 6.54 Å². The van der Waals surface area contributed by atoms with Crippen LogP contribution < -0.4 is 15.8 Å². The molecule has 6 nitrogen and oxygen atoms in total. The number of benzene rings is 1. The molecular weight excluding hydrogens is 206 g/mol. The van der Waals surface area contributed by atoms with Crippen LogP contribution in [0.2, 0.25) is 0 Å². The second-order valence-electron chi connectivity index (χ2n) is 3.21. The van der Waals surface area contributed by atoms with Crippen molar-refractivity contribution in [2.45, 2.75) is 6.54 Å². The number of anilines is 2. The van der Waals surface area contributed by atoms with Crippen molar-refractivity contribution in [3.63, 3.8) is 0 Å². The van der Waals surface area contributed by atoms with Gasteiger partial charge in [-0.25, -0.2) is 4.98 Å². The molecule has 0 unspecified atom stereocenters. The molecule has 84 valence electrons. The largest absolute Gasteiger partial charge is 0.495 e. The summed E-state index contributed by atoms with van der Waals surface area (Å²) in [6.07, 6.45) is 1.46. The highest BCUT2D eigenvalue weighted by Crippen LogP contribution is 2.28. The molecule has 1 aromatic carbocycles. The van der Waals surface area contributed by atoms with Gasteiger partial charge in [0, 0.05) is 0 Å². The van der Waals surface area contributed by atoms with Crippen LogP contribution in [0.25, 0.3) is 0 Å². The molecule has 6 heteroatoms. The van der Waals surface area contributed by atoms with E-state index in [-0.39, 0.29) is 0 Å². The predicted molar refractivity (Wildman–Crippen MR) is 61.1 cm³/mol. The van der Waals surface area contributed by atoms with Gasteiger partial charge in [0.2, 0.25) is 0 Å². The Morgan fingerprint density at radius 3 is 3.06 bits per heavy atom. The summed E-state index contributed by atoms with van der Waals surface area (Å²) in [6.45, 7) is 0.539. The molecular formula is C10H13N5O. The summed E-state index contributed by atoms with van der Waals surface area (Å²) in [5, 5.41) is 9.67. The summed E-state index contributed by atoms with van der Waals surface area (Å²) >= 11 is 0. The summed E-state index contributed by atoms with van der Waals surface area (Å²) in [7, 11) is 1.59. The summed E-state index contributed by atoms with van der Waals surface area (Å²) < 4.78 is 5.12. The second kappa shape index (κ2) is 4.52. The third kappa shape index (κ3) is 2.05. The predicted octanol–water partition coefficient (Wildman–Crippen LogP) is 1.01. The standard InChI is InChI=1S/C10H13N5O/c1-16-8-4-2-3-7(10(8)11)12-5-9-13-6-14-15-9/h2-4,6,12H,5,11H2,1H3,(H,13,14,15).